The zero-order valence-electron chi connectivity index (χ0n) is 14.1. The number of imide groups is 1. The Kier molecular flexibility index (Phi) is 4.66. The molecule has 0 unspecified atom stereocenters. The van der Waals surface area contributed by atoms with Crippen LogP contribution in [0.25, 0.3) is 10.8 Å². The number of carbonyl (C=O) groups is 3. The molecule has 3 aromatic rings. The lowest BCUT2D eigenvalue weighted by atomic mass is 10.1. The number of anilines is 3. The van der Waals surface area contributed by atoms with E-state index in [1.807, 2.05) is 30.3 Å². The number of fused-ring (bicyclic) bond motifs is 1. The Bertz CT molecular complexity index is 997. The molecule has 130 valence electrons. The molecule has 0 aliphatic rings. The molecular weight excluding hydrogens is 330 g/mol. The molecule has 0 saturated carbocycles. The molecule has 0 bridgehead atoms. The summed E-state index contributed by atoms with van der Waals surface area (Å²) in [5.41, 5.74) is 6.87. The molecule has 0 aliphatic carbocycles. The molecule has 3 N–H and O–H groups in total. The van der Waals surface area contributed by atoms with Gasteiger partial charge in [-0.15, -0.1) is 0 Å². The Morgan fingerprint density at radius 3 is 2.19 bits per heavy atom. The number of carbonyl (C=O) groups excluding carboxylic acids is 3. The first-order chi connectivity index (χ1) is 12.5. The van der Waals surface area contributed by atoms with Crippen LogP contribution in [0.3, 0.4) is 0 Å². The van der Waals surface area contributed by atoms with Crippen LogP contribution in [0.1, 0.15) is 6.92 Å². The Morgan fingerprint density at radius 1 is 0.885 bits per heavy atom. The van der Waals surface area contributed by atoms with Gasteiger partial charge in [0, 0.05) is 18.3 Å². The SMILES string of the molecule is CC(=O)N(C(=O)C(=O)Nc1ccc2ccccc2c1)c1ccc(N)cc1. The van der Waals surface area contributed by atoms with E-state index in [1.165, 1.54) is 19.1 Å². The molecule has 0 saturated heterocycles. The van der Waals surface area contributed by atoms with Crippen LogP contribution >= 0.6 is 0 Å². The first kappa shape index (κ1) is 17.2. The highest BCUT2D eigenvalue weighted by atomic mass is 16.2. The summed E-state index contributed by atoms with van der Waals surface area (Å²) >= 11 is 0. The van der Waals surface area contributed by atoms with Gasteiger partial charge in [-0.2, -0.15) is 0 Å². The van der Waals surface area contributed by atoms with Gasteiger partial charge in [0.05, 0.1) is 5.69 Å². The number of hydrogen-bond acceptors (Lipinski definition) is 4. The maximum Gasteiger partial charge on any atom is 0.323 e. The van der Waals surface area contributed by atoms with Crippen molar-refractivity contribution in [2.24, 2.45) is 0 Å². The van der Waals surface area contributed by atoms with Crippen LogP contribution < -0.4 is 16.0 Å². The van der Waals surface area contributed by atoms with E-state index in [4.69, 9.17) is 5.73 Å². The third kappa shape index (κ3) is 3.54. The van der Waals surface area contributed by atoms with Gasteiger partial charge in [0.25, 0.3) is 0 Å². The summed E-state index contributed by atoms with van der Waals surface area (Å²) < 4.78 is 0. The lowest BCUT2D eigenvalue weighted by Crippen LogP contribution is -2.42. The van der Waals surface area contributed by atoms with E-state index < -0.39 is 17.7 Å². The van der Waals surface area contributed by atoms with Crippen molar-refractivity contribution in [2.45, 2.75) is 6.92 Å². The van der Waals surface area contributed by atoms with E-state index in [0.717, 1.165) is 15.7 Å². The summed E-state index contributed by atoms with van der Waals surface area (Å²) in [7, 11) is 0. The van der Waals surface area contributed by atoms with E-state index in [-0.39, 0.29) is 5.69 Å². The number of benzene rings is 3. The fourth-order valence-corrected chi connectivity index (χ4v) is 2.62. The van der Waals surface area contributed by atoms with Crippen molar-refractivity contribution < 1.29 is 14.4 Å². The number of nitrogens with two attached hydrogens (primary N) is 1. The molecule has 6 nitrogen and oxygen atoms in total. The third-order valence-corrected chi connectivity index (χ3v) is 3.87. The molecule has 0 atom stereocenters. The van der Waals surface area contributed by atoms with Crippen molar-refractivity contribution in [1.29, 1.82) is 0 Å². The topological polar surface area (TPSA) is 92.5 Å². The normalized spacial score (nSPS) is 10.3. The summed E-state index contributed by atoms with van der Waals surface area (Å²) in [5.74, 6) is -2.42. The van der Waals surface area contributed by atoms with Gasteiger partial charge < -0.3 is 11.1 Å². The molecule has 0 aromatic heterocycles. The Labute approximate surface area is 150 Å². The van der Waals surface area contributed by atoms with Crippen molar-refractivity contribution in [3.05, 3.63) is 66.7 Å². The zero-order valence-corrected chi connectivity index (χ0v) is 14.1. The third-order valence-electron chi connectivity index (χ3n) is 3.87. The maximum absolute atomic E-state index is 12.5. The van der Waals surface area contributed by atoms with Crippen molar-refractivity contribution in [1.82, 2.24) is 0 Å². The highest BCUT2D eigenvalue weighted by Gasteiger charge is 2.26. The predicted molar refractivity (Wildman–Crippen MR) is 102 cm³/mol. The second kappa shape index (κ2) is 7.06. The number of nitrogens with one attached hydrogen (secondary N) is 1. The van der Waals surface area contributed by atoms with Crippen LogP contribution in [0.2, 0.25) is 0 Å². The fourth-order valence-electron chi connectivity index (χ4n) is 2.62. The molecule has 3 rings (SSSR count). The summed E-state index contributed by atoms with van der Waals surface area (Å²) in [6.07, 6.45) is 0. The van der Waals surface area contributed by atoms with Crippen molar-refractivity contribution in [2.75, 3.05) is 16.0 Å². The molecule has 3 amide bonds. The maximum atomic E-state index is 12.5. The quantitative estimate of drug-likeness (QED) is 0.551. The molecule has 0 aliphatic heterocycles. The summed E-state index contributed by atoms with van der Waals surface area (Å²) in [5, 5.41) is 4.49. The monoisotopic (exact) mass is 347 g/mol. The van der Waals surface area contributed by atoms with E-state index in [1.54, 1.807) is 24.3 Å². The van der Waals surface area contributed by atoms with Gasteiger partial charge in [-0.3, -0.25) is 14.4 Å². The van der Waals surface area contributed by atoms with Gasteiger partial charge in [-0.05, 0) is 47.2 Å². The molecule has 0 spiro atoms. The fraction of sp³-hybridized carbons (Fsp3) is 0.0500. The molecule has 3 aromatic carbocycles. The zero-order chi connectivity index (χ0) is 18.7. The first-order valence-electron chi connectivity index (χ1n) is 7.96. The lowest BCUT2D eigenvalue weighted by Gasteiger charge is -2.19. The average molecular weight is 347 g/mol. The minimum absolute atomic E-state index is 0.283. The minimum Gasteiger partial charge on any atom is -0.399 e. The number of rotatable bonds is 2. The summed E-state index contributed by atoms with van der Waals surface area (Å²) in [6, 6.07) is 19.1. The summed E-state index contributed by atoms with van der Waals surface area (Å²) in [6.45, 7) is 1.22. The largest absolute Gasteiger partial charge is 0.399 e. The van der Waals surface area contributed by atoms with Crippen LogP contribution in [-0.4, -0.2) is 17.7 Å². The van der Waals surface area contributed by atoms with E-state index in [0.29, 0.717) is 11.4 Å². The van der Waals surface area contributed by atoms with Crippen LogP contribution in [0.4, 0.5) is 17.1 Å². The molecule has 26 heavy (non-hydrogen) atoms. The second-order valence-electron chi connectivity index (χ2n) is 5.77. The number of nitrogens with zero attached hydrogens (tertiary/aromatic N) is 1. The smallest absolute Gasteiger partial charge is 0.323 e. The van der Waals surface area contributed by atoms with Crippen molar-refractivity contribution in [3.63, 3.8) is 0 Å². The highest BCUT2D eigenvalue weighted by Crippen LogP contribution is 2.20. The van der Waals surface area contributed by atoms with E-state index >= 15 is 0 Å². The Balaban J connectivity index is 1.83. The van der Waals surface area contributed by atoms with Gasteiger partial charge >= 0.3 is 11.8 Å². The van der Waals surface area contributed by atoms with Crippen LogP contribution in [-0.2, 0) is 14.4 Å². The lowest BCUT2D eigenvalue weighted by molar-refractivity contribution is -0.136. The Morgan fingerprint density at radius 2 is 1.54 bits per heavy atom. The standard InChI is InChI=1S/C20H17N3O3/c1-13(24)23(18-10-7-16(21)8-11-18)20(26)19(25)22-17-9-6-14-4-2-3-5-15(14)12-17/h2-12H,21H2,1H3,(H,22,25). The second-order valence-corrected chi connectivity index (χ2v) is 5.77. The van der Waals surface area contributed by atoms with Gasteiger partial charge in [0.15, 0.2) is 0 Å². The Hall–Kier alpha value is -3.67. The molecule has 0 heterocycles. The molecular formula is C20H17N3O3. The molecule has 6 heteroatoms. The minimum atomic E-state index is -0.963. The average Bonchev–Trinajstić information content (AvgIpc) is 2.63. The van der Waals surface area contributed by atoms with Gasteiger partial charge in [-0.1, -0.05) is 30.3 Å². The first-order valence-corrected chi connectivity index (χ1v) is 7.96. The van der Waals surface area contributed by atoms with Gasteiger partial charge in [0.2, 0.25) is 5.91 Å². The van der Waals surface area contributed by atoms with Gasteiger partial charge in [0.1, 0.15) is 0 Å². The summed E-state index contributed by atoms with van der Waals surface area (Å²) in [4.78, 5) is 37.6. The van der Waals surface area contributed by atoms with Crippen LogP contribution in [0.5, 0.6) is 0 Å². The number of amides is 3. The van der Waals surface area contributed by atoms with Gasteiger partial charge in [-0.25, -0.2) is 4.90 Å². The van der Waals surface area contributed by atoms with Crippen LogP contribution in [0, 0.1) is 0 Å². The predicted octanol–water partition coefficient (Wildman–Crippen LogP) is 2.94. The van der Waals surface area contributed by atoms with E-state index in [9.17, 15) is 14.4 Å². The molecule has 0 fully saturated rings. The highest BCUT2D eigenvalue weighted by molar-refractivity contribution is 6.48. The number of hydrogen-bond donors (Lipinski definition) is 2. The van der Waals surface area contributed by atoms with Crippen molar-refractivity contribution >= 4 is 45.6 Å². The number of nitrogen functional groups attached to an aromatic ring is 1. The van der Waals surface area contributed by atoms with Crippen molar-refractivity contribution in [3.8, 4) is 0 Å². The van der Waals surface area contributed by atoms with E-state index in [2.05, 4.69) is 5.32 Å². The van der Waals surface area contributed by atoms with Crippen LogP contribution in [0.15, 0.2) is 66.7 Å². The molecule has 0 radical (unpaired) electrons.